The third-order valence-corrected chi connectivity index (χ3v) is 6.52. The van der Waals surface area contributed by atoms with E-state index in [0.29, 0.717) is 24.3 Å². The molecule has 0 bridgehead atoms. The summed E-state index contributed by atoms with van der Waals surface area (Å²) in [5, 5.41) is 38.0. The zero-order chi connectivity index (χ0) is 35.6. The zero-order valence-corrected chi connectivity index (χ0v) is 23.6. The smallest absolute Gasteiger partial charge is 0.420 e. The van der Waals surface area contributed by atoms with Crippen LogP contribution in [0.5, 0.6) is 11.5 Å². The number of carboxylic acids is 4. The summed E-state index contributed by atoms with van der Waals surface area (Å²) in [4.78, 5) is 47.2. The molecule has 16 heteroatoms. The highest BCUT2D eigenvalue weighted by Crippen LogP contribution is 2.45. The third kappa shape index (κ3) is 7.06. The Morgan fingerprint density at radius 1 is 0.479 bits per heavy atom. The van der Waals surface area contributed by atoms with Gasteiger partial charge in [-0.15, -0.1) is 0 Å². The van der Waals surface area contributed by atoms with Gasteiger partial charge in [-0.2, -0.15) is 26.3 Å². The van der Waals surface area contributed by atoms with E-state index in [9.17, 15) is 65.9 Å². The highest BCUT2D eigenvalue weighted by molar-refractivity contribution is 6.04. The Hall–Kier alpha value is -6.32. The lowest BCUT2D eigenvalue weighted by Gasteiger charge is -2.23. The zero-order valence-electron chi connectivity index (χ0n) is 23.6. The Morgan fingerprint density at radius 3 is 1.08 bits per heavy atom. The molecule has 0 radical (unpaired) electrons. The summed E-state index contributed by atoms with van der Waals surface area (Å²) in [6.07, 6.45) is -11.3. The maximum absolute atomic E-state index is 14.5. The van der Waals surface area contributed by atoms with Crippen molar-refractivity contribution in [2.75, 3.05) is 0 Å². The molecule has 0 atom stereocenters. The molecule has 4 aromatic carbocycles. The summed E-state index contributed by atoms with van der Waals surface area (Å²) >= 11 is 0. The number of halogens is 6. The van der Waals surface area contributed by atoms with Crippen LogP contribution in [0.2, 0.25) is 0 Å². The molecule has 0 heterocycles. The van der Waals surface area contributed by atoms with Gasteiger partial charge in [0.15, 0.2) is 0 Å². The van der Waals surface area contributed by atoms with Crippen molar-refractivity contribution in [1.82, 2.24) is 0 Å². The predicted octanol–water partition coefficient (Wildman–Crippen LogP) is 7.39. The summed E-state index contributed by atoms with van der Waals surface area (Å²) in [6.45, 7) is 0. The lowest BCUT2D eigenvalue weighted by Crippen LogP contribution is -2.22. The van der Waals surface area contributed by atoms with Gasteiger partial charge in [0.1, 0.15) is 22.6 Å². The molecule has 0 unspecified atom stereocenters. The lowest BCUT2D eigenvalue weighted by atomic mass is 9.97. The predicted molar refractivity (Wildman–Crippen MR) is 151 cm³/mol. The fraction of sp³-hybridized carbons (Fsp3) is 0.0625. The van der Waals surface area contributed by atoms with Crippen molar-refractivity contribution in [3.05, 3.63) is 135 Å². The molecule has 10 nitrogen and oxygen atoms in total. The van der Waals surface area contributed by atoms with E-state index in [1.807, 2.05) is 0 Å². The fourth-order valence-electron chi connectivity index (χ4n) is 4.64. The van der Waals surface area contributed by atoms with Crippen LogP contribution in [-0.4, -0.2) is 44.3 Å². The quantitative estimate of drug-likeness (QED) is 0.0982. The van der Waals surface area contributed by atoms with Crippen LogP contribution in [0.1, 0.15) is 63.7 Å². The molecule has 0 saturated carbocycles. The molecule has 248 valence electrons. The van der Waals surface area contributed by atoms with Gasteiger partial charge < -0.3 is 29.9 Å². The van der Waals surface area contributed by atoms with Crippen molar-refractivity contribution in [2.45, 2.75) is 12.4 Å². The first-order valence-corrected chi connectivity index (χ1v) is 13.1. The molecule has 0 aliphatic heterocycles. The van der Waals surface area contributed by atoms with Gasteiger partial charge in [0.2, 0.25) is 0 Å². The molecule has 0 aromatic heterocycles. The Kier molecular flexibility index (Phi) is 9.50. The summed E-state index contributed by atoms with van der Waals surface area (Å²) in [5.74, 6) is -12.8. The number of carbonyl (C=O) groups is 4. The van der Waals surface area contributed by atoms with Crippen molar-refractivity contribution in [3.63, 3.8) is 0 Å². The van der Waals surface area contributed by atoms with Gasteiger partial charge in [-0.3, -0.25) is 0 Å². The Bertz CT molecular complexity index is 1810. The van der Waals surface area contributed by atoms with Gasteiger partial charge in [-0.1, -0.05) is 60.7 Å². The summed E-state index contributed by atoms with van der Waals surface area (Å²) in [5.41, 5.74) is -10.6. The summed E-state index contributed by atoms with van der Waals surface area (Å²) in [7, 11) is 0. The number of hydrogen-bond acceptors (Lipinski definition) is 6. The summed E-state index contributed by atoms with van der Waals surface area (Å²) in [6, 6.07) is 16.0. The highest BCUT2D eigenvalue weighted by Gasteiger charge is 2.44. The monoisotopic (exact) mass is 676 g/mol. The van der Waals surface area contributed by atoms with Gasteiger partial charge in [-0.25, -0.2) is 19.2 Å². The van der Waals surface area contributed by atoms with E-state index >= 15 is 0 Å². The first kappa shape index (κ1) is 34.6. The molecule has 0 fully saturated rings. The van der Waals surface area contributed by atoms with E-state index in [4.69, 9.17) is 9.47 Å². The van der Waals surface area contributed by atoms with Crippen LogP contribution in [-0.2, 0) is 12.4 Å². The molecule has 0 amide bonds. The van der Waals surface area contributed by atoms with Crippen molar-refractivity contribution < 1.29 is 75.4 Å². The molecule has 0 saturated heterocycles. The largest absolute Gasteiger partial charge is 0.478 e. The fourth-order valence-corrected chi connectivity index (χ4v) is 4.64. The molecule has 4 aromatic rings. The van der Waals surface area contributed by atoms with Crippen molar-refractivity contribution in [1.29, 1.82) is 0 Å². The molecular formula is C32H18F6O10. The Balaban J connectivity index is 2.16. The van der Waals surface area contributed by atoms with Crippen LogP contribution in [0.15, 0.2) is 90.9 Å². The normalized spacial score (nSPS) is 11.4. The van der Waals surface area contributed by atoms with E-state index in [-0.39, 0.29) is 16.7 Å². The minimum Gasteiger partial charge on any atom is -0.478 e. The second-order valence-corrected chi connectivity index (χ2v) is 9.54. The molecule has 48 heavy (non-hydrogen) atoms. The number of aromatic carboxylic acids is 4. The molecule has 0 spiro atoms. The number of carboxylic acid groups (broad SMARTS) is 4. The van der Waals surface area contributed by atoms with Gasteiger partial charge in [0.25, 0.3) is 5.95 Å². The van der Waals surface area contributed by atoms with Crippen LogP contribution in [0, 0.1) is 0 Å². The van der Waals surface area contributed by atoms with E-state index in [1.165, 1.54) is 60.7 Å². The van der Waals surface area contributed by atoms with Crippen molar-refractivity contribution >= 4 is 29.5 Å². The molecule has 4 N–H and O–H groups in total. The maximum Gasteiger partial charge on any atom is 0.420 e. The molecule has 0 aliphatic rings. The Labute approximate surface area is 264 Å². The second-order valence-electron chi connectivity index (χ2n) is 9.54. The van der Waals surface area contributed by atoms with E-state index in [2.05, 4.69) is 0 Å². The first-order chi connectivity index (χ1) is 22.4. The van der Waals surface area contributed by atoms with Crippen LogP contribution in [0.3, 0.4) is 0 Å². The van der Waals surface area contributed by atoms with E-state index in [0.717, 1.165) is 0 Å². The van der Waals surface area contributed by atoms with Gasteiger partial charge >= 0.3 is 36.2 Å². The second kappa shape index (κ2) is 13.2. The third-order valence-electron chi connectivity index (χ3n) is 6.52. The van der Waals surface area contributed by atoms with E-state index in [1.54, 1.807) is 0 Å². The van der Waals surface area contributed by atoms with E-state index < -0.39 is 87.1 Å². The molecule has 4 rings (SSSR count). The first-order valence-electron chi connectivity index (χ1n) is 13.1. The van der Waals surface area contributed by atoms with Gasteiger partial charge in [-0.05, 0) is 35.4 Å². The van der Waals surface area contributed by atoms with Crippen LogP contribution >= 0.6 is 0 Å². The van der Waals surface area contributed by atoms with Gasteiger partial charge in [0, 0.05) is 0 Å². The average Bonchev–Trinajstić information content (AvgIpc) is 3.00. The topological polar surface area (TPSA) is 168 Å². The molecular weight excluding hydrogens is 658 g/mol. The standard InChI is InChI=1S/C32H18F6O10/c33-31(34,35)24-19(13-11-17(26(39)40)22(24)28(43)44)47-30(21(15-7-3-1-4-8-15)16-9-5-2-6-10-16)48-20-14-12-18(27(41)42)23(29(45)46)25(20)32(36,37)38/h1-14H,(H,39,40)(H,41,42)(H,43,44)(H,45,46). The SMILES string of the molecule is O=C(O)c1ccc(OC(Oc2ccc(C(=O)O)c(C(=O)O)c2C(F)(F)F)=C(c2ccccc2)c2ccccc2)c(C(F)(F)F)c1C(=O)O. The van der Waals surface area contributed by atoms with Crippen LogP contribution in [0.25, 0.3) is 5.57 Å². The number of benzene rings is 4. The van der Waals surface area contributed by atoms with Crippen LogP contribution < -0.4 is 9.47 Å². The van der Waals surface area contributed by atoms with Crippen molar-refractivity contribution in [2.24, 2.45) is 0 Å². The van der Waals surface area contributed by atoms with Crippen LogP contribution in [0.4, 0.5) is 26.3 Å². The minimum absolute atomic E-state index is 0.0574. The lowest BCUT2D eigenvalue weighted by molar-refractivity contribution is -0.139. The average molecular weight is 676 g/mol. The van der Waals surface area contributed by atoms with Crippen molar-refractivity contribution in [3.8, 4) is 11.5 Å². The van der Waals surface area contributed by atoms with Gasteiger partial charge in [0.05, 0.1) is 27.8 Å². The Morgan fingerprint density at radius 2 is 0.812 bits per heavy atom. The highest BCUT2D eigenvalue weighted by atomic mass is 19.4. The minimum atomic E-state index is -5.63. The number of ether oxygens (including phenoxy) is 2. The number of hydrogen-bond donors (Lipinski definition) is 4. The number of rotatable bonds is 10. The summed E-state index contributed by atoms with van der Waals surface area (Å²) < 4.78 is 97.7. The maximum atomic E-state index is 14.5. The number of alkyl halides is 6. The molecule has 0 aliphatic carbocycles.